The molecule has 18 heavy (non-hydrogen) atoms. The van der Waals surface area contributed by atoms with Crippen LogP contribution >= 0.6 is 0 Å². The van der Waals surface area contributed by atoms with Crippen molar-refractivity contribution in [3.05, 3.63) is 23.8 Å². The van der Waals surface area contributed by atoms with E-state index in [1.165, 1.54) is 27.2 Å². The largest absolute Gasteiger partial charge is 0.493 e. The van der Waals surface area contributed by atoms with Crippen molar-refractivity contribution >= 4 is 12.4 Å². The summed E-state index contributed by atoms with van der Waals surface area (Å²) < 4.78 is 10.2. The third kappa shape index (κ3) is 2.37. The number of ether oxygens (including phenoxy) is 2. The van der Waals surface area contributed by atoms with Crippen LogP contribution in [0.5, 0.6) is 11.5 Å². The molecule has 0 saturated carbocycles. The zero-order chi connectivity index (χ0) is 13.8. The van der Waals surface area contributed by atoms with E-state index in [0.717, 1.165) is 0 Å². The van der Waals surface area contributed by atoms with E-state index in [1.54, 1.807) is 12.1 Å². The monoisotopic (exact) mass is 253 g/mol. The van der Waals surface area contributed by atoms with Gasteiger partial charge in [-0.3, -0.25) is 4.79 Å². The molecule has 2 N–H and O–H groups in total. The van der Waals surface area contributed by atoms with Crippen LogP contribution in [-0.2, 0) is 15.1 Å². The molecule has 1 unspecified atom stereocenters. The van der Waals surface area contributed by atoms with Gasteiger partial charge in [-0.05, 0) is 24.6 Å². The molecule has 1 rings (SSSR count). The summed E-state index contributed by atoms with van der Waals surface area (Å²) in [6.07, 6.45) is 0.352. The van der Waals surface area contributed by atoms with E-state index < -0.39 is 11.5 Å². The molecular formula is C12H15NO5. The molecule has 0 aliphatic heterocycles. The fraction of sp³-hybridized carbons (Fsp3) is 0.333. The first-order valence-corrected chi connectivity index (χ1v) is 5.16. The third-order valence-corrected chi connectivity index (χ3v) is 2.74. The molecule has 98 valence electrons. The van der Waals surface area contributed by atoms with Crippen molar-refractivity contribution in [2.45, 2.75) is 12.5 Å². The molecule has 1 amide bonds. The van der Waals surface area contributed by atoms with Gasteiger partial charge in [-0.15, -0.1) is 0 Å². The topological polar surface area (TPSA) is 84.9 Å². The minimum Gasteiger partial charge on any atom is -0.493 e. The highest BCUT2D eigenvalue weighted by atomic mass is 16.5. The number of carbonyl (C=O) groups is 2. The number of methoxy groups -OCH3 is 2. The summed E-state index contributed by atoms with van der Waals surface area (Å²) in [5, 5.41) is 11.5. The Labute approximate surface area is 105 Å². The lowest BCUT2D eigenvalue weighted by Crippen LogP contribution is -2.45. The van der Waals surface area contributed by atoms with E-state index in [4.69, 9.17) is 9.47 Å². The molecule has 0 aliphatic carbocycles. The molecule has 0 bridgehead atoms. The highest BCUT2D eigenvalue weighted by Gasteiger charge is 2.35. The van der Waals surface area contributed by atoms with Crippen molar-refractivity contribution in [3.63, 3.8) is 0 Å². The summed E-state index contributed by atoms with van der Waals surface area (Å²) >= 11 is 0. The predicted octanol–water partition coefficient (Wildman–Crippen LogP) is 0.750. The Hall–Kier alpha value is -2.24. The SMILES string of the molecule is COc1ccc(C(C)(NC=O)C(=O)O)cc1OC. The van der Waals surface area contributed by atoms with Crippen molar-refractivity contribution in [1.82, 2.24) is 5.32 Å². The van der Waals surface area contributed by atoms with Crippen LogP contribution in [0.1, 0.15) is 12.5 Å². The van der Waals surface area contributed by atoms with Gasteiger partial charge in [0.1, 0.15) is 0 Å². The summed E-state index contributed by atoms with van der Waals surface area (Å²) in [5.74, 6) is -0.280. The molecule has 0 aromatic heterocycles. The first kappa shape index (κ1) is 13.8. The Morgan fingerprint density at radius 2 is 1.94 bits per heavy atom. The fourth-order valence-corrected chi connectivity index (χ4v) is 1.53. The van der Waals surface area contributed by atoms with E-state index in [2.05, 4.69) is 5.32 Å². The zero-order valence-electron chi connectivity index (χ0n) is 10.4. The molecule has 1 aromatic carbocycles. The molecule has 0 aliphatic rings. The van der Waals surface area contributed by atoms with Gasteiger partial charge < -0.3 is 19.9 Å². The summed E-state index contributed by atoms with van der Waals surface area (Å²) in [5.41, 5.74) is -1.12. The molecule has 6 heteroatoms. The first-order valence-electron chi connectivity index (χ1n) is 5.16. The number of benzene rings is 1. The van der Waals surface area contributed by atoms with Gasteiger partial charge in [-0.2, -0.15) is 0 Å². The molecule has 0 radical (unpaired) electrons. The normalized spacial score (nSPS) is 13.3. The van der Waals surface area contributed by atoms with Crippen LogP contribution in [0.15, 0.2) is 18.2 Å². The molecule has 6 nitrogen and oxygen atoms in total. The van der Waals surface area contributed by atoms with Gasteiger partial charge >= 0.3 is 5.97 Å². The minimum atomic E-state index is -1.51. The summed E-state index contributed by atoms with van der Waals surface area (Å²) in [7, 11) is 2.94. The number of aliphatic carboxylic acids is 1. The van der Waals surface area contributed by atoms with Crippen LogP contribution < -0.4 is 14.8 Å². The Kier molecular flexibility index (Phi) is 4.14. The quantitative estimate of drug-likeness (QED) is 0.731. The molecule has 0 saturated heterocycles. The second kappa shape index (κ2) is 5.39. The van der Waals surface area contributed by atoms with Crippen molar-refractivity contribution in [2.75, 3.05) is 14.2 Å². The van der Waals surface area contributed by atoms with Crippen molar-refractivity contribution in [1.29, 1.82) is 0 Å². The van der Waals surface area contributed by atoms with Gasteiger partial charge in [-0.1, -0.05) is 6.07 Å². The van der Waals surface area contributed by atoms with Crippen LogP contribution in [0.3, 0.4) is 0 Å². The number of hydrogen-bond acceptors (Lipinski definition) is 4. The number of carbonyl (C=O) groups excluding carboxylic acids is 1. The van der Waals surface area contributed by atoms with Gasteiger partial charge in [0.25, 0.3) is 0 Å². The van der Waals surface area contributed by atoms with Gasteiger partial charge in [0.05, 0.1) is 14.2 Å². The standard InChI is InChI=1S/C12H15NO5/c1-12(11(15)16,13-7-14)8-4-5-9(17-2)10(6-8)18-3/h4-7H,1-3H3,(H,13,14)(H,15,16). The van der Waals surface area contributed by atoms with E-state index in [-0.39, 0.29) is 0 Å². The van der Waals surface area contributed by atoms with Crippen LogP contribution in [0.4, 0.5) is 0 Å². The van der Waals surface area contributed by atoms with Crippen molar-refractivity contribution in [2.24, 2.45) is 0 Å². The molecule has 0 spiro atoms. The smallest absolute Gasteiger partial charge is 0.333 e. The number of rotatable bonds is 6. The average molecular weight is 253 g/mol. The predicted molar refractivity (Wildman–Crippen MR) is 63.7 cm³/mol. The maximum atomic E-state index is 11.3. The molecule has 0 fully saturated rings. The zero-order valence-corrected chi connectivity index (χ0v) is 10.4. The summed E-state index contributed by atoms with van der Waals surface area (Å²) in [6.45, 7) is 1.39. The maximum Gasteiger partial charge on any atom is 0.333 e. The van der Waals surface area contributed by atoms with Gasteiger partial charge in [0, 0.05) is 0 Å². The molecule has 0 heterocycles. The van der Waals surface area contributed by atoms with E-state index >= 15 is 0 Å². The lowest BCUT2D eigenvalue weighted by atomic mass is 9.92. The maximum absolute atomic E-state index is 11.3. The van der Waals surface area contributed by atoms with Gasteiger partial charge in [-0.25, -0.2) is 4.79 Å². The lowest BCUT2D eigenvalue weighted by Gasteiger charge is -2.25. The Bertz CT molecular complexity index is 460. The summed E-state index contributed by atoms with van der Waals surface area (Å²) in [6, 6.07) is 4.66. The first-order chi connectivity index (χ1) is 8.49. The Balaban J connectivity index is 3.30. The second-order valence-electron chi connectivity index (χ2n) is 3.76. The average Bonchev–Trinajstić information content (AvgIpc) is 2.37. The van der Waals surface area contributed by atoms with Gasteiger partial charge in [0.15, 0.2) is 17.0 Å². The fourth-order valence-electron chi connectivity index (χ4n) is 1.53. The molecule has 1 aromatic rings. The Morgan fingerprint density at radius 3 is 2.39 bits per heavy atom. The molecule has 1 atom stereocenters. The van der Waals surface area contributed by atoms with Crippen molar-refractivity contribution < 1.29 is 24.2 Å². The minimum absolute atomic E-state index is 0.352. The number of carboxylic acid groups (broad SMARTS) is 1. The number of amides is 1. The van der Waals surface area contributed by atoms with Crippen LogP contribution in [0.25, 0.3) is 0 Å². The Morgan fingerprint density at radius 1 is 1.33 bits per heavy atom. The second-order valence-corrected chi connectivity index (χ2v) is 3.76. The lowest BCUT2D eigenvalue weighted by molar-refractivity contribution is -0.145. The van der Waals surface area contributed by atoms with E-state index in [0.29, 0.717) is 23.5 Å². The summed E-state index contributed by atoms with van der Waals surface area (Å²) in [4.78, 5) is 21.8. The van der Waals surface area contributed by atoms with E-state index in [1.807, 2.05) is 0 Å². The van der Waals surface area contributed by atoms with Gasteiger partial charge in [0.2, 0.25) is 6.41 Å². The third-order valence-electron chi connectivity index (χ3n) is 2.74. The van der Waals surface area contributed by atoms with Crippen molar-refractivity contribution in [3.8, 4) is 11.5 Å². The van der Waals surface area contributed by atoms with Crippen LogP contribution in [-0.4, -0.2) is 31.7 Å². The highest BCUT2D eigenvalue weighted by molar-refractivity contribution is 5.83. The number of nitrogens with one attached hydrogen (secondary N) is 1. The van der Waals surface area contributed by atoms with Crippen LogP contribution in [0, 0.1) is 0 Å². The number of carboxylic acids is 1. The van der Waals surface area contributed by atoms with E-state index in [9.17, 15) is 14.7 Å². The number of hydrogen-bond donors (Lipinski definition) is 2. The van der Waals surface area contributed by atoms with Crippen LogP contribution in [0.2, 0.25) is 0 Å². The molecular weight excluding hydrogens is 238 g/mol. The highest BCUT2D eigenvalue weighted by Crippen LogP contribution is 2.32.